The van der Waals surface area contributed by atoms with Gasteiger partial charge in [0.1, 0.15) is 0 Å². The van der Waals surface area contributed by atoms with Gasteiger partial charge in [-0.05, 0) is 175 Å². The highest BCUT2D eigenvalue weighted by molar-refractivity contribution is 6.13. The Kier molecular flexibility index (Phi) is 14.7. The molecule has 4 heterocycles. The summed E-state index contributed by atoms with van der Waals surface area (Å²) in [7, 11) is 0. The number of nitrogens with zero attached hydrogens (tertiary/aromatic N) is 8. The van der Waals surface area contributed by atoms with Gasteiger partial charge in [0.2, 0.25) is 0 Å². The molecule has 0 bridgehead atoms. The molecule has 4 aromatic heterocycles. The van der Waals surface area contributed by atoms with Gasteiger partial charge in [0.05, 0.1) is 33.4 Å². The average molecular weight is 1260 g/mol. The normalized spacial score (nSPS) is 11.6. The van der Waals surface area contributed by atoms with Crippen LogP contribution in [0.3, 0.4) is 0 Å². The summed E-state index contributed by atoms with van der Waals surface area (Å²) in [5.41, 5.74) is 28.1. The van der Waals surface area contributed by atoms with Gasteiger partial charge in [0.15, 0.2) is 34.9 Å². The van der Waals surface area contributed by atoms with Crippen LogP contribution in [0.25, 0.3) is 168 Å². The van der Waals surface area contributed by atoms with Gasteiger partial charge in [-0.25, -0.2) is 29.9 Å². The second-order valence-electron chi connectivity index (χ2n) is 25.8. The fraction of sp³-hybridized carbons (Fsp3) is 0.0667. The first-order valence-electron chi connectivity index (χ1n) is 33.4. The van der Waals surface area contributed by atoms with Crippen LogP contribution >= 0.6 is 0 Å². The Hall–Kier alpha value is -12.5. The number of aryl methyl sites for hydroxylation is 6. The first-order chi connectivity index (χ1) is 48.0. The summed E-state index contributed by atoms with van der Waals surface area (Å²) < 4.78 is 4.83. The van der Waals surface area contributed by atoms with Gasteiger partial charge in [-0.1, -0.05) is 236 Å². The molecule has 0 aliphatic heterocycles. The molecule has 98 heavy (non-hydrogen) atoms. The molecule has 0 atom stereocenters. The van der Waals surface area contributed by atoms with E-state index in [1.807, 2.05) is 72.8 Å². The van der Waals surface area contributed by atoms with Gasteiger partial charge in [0.25, 0.3) is 0 Å². The predicted octanol–water partition coefficient (Wildman–Crippen LogP) is 22.8. The lowest BCUT2D eigenvalue weighted by Gasteiger charge is -2.18. The van der Waals surface area contributed by atoms with Gasteiger partial charge in [-0.3, -0.25) is 0 Å². The molecule has 0 unspecified atom stereocenters. The molecule has 8 nitrogen and oxygen atoms in total. The molecule has 466 valence electrons. The Balaban J connectivity index is 0.879. The molecule has 0 fully saturated rings. The van der Waals surface area contributed by atoms with Crippen molar-refractivity contribution in [2.45, 2.75) is 41.5 Å². The molecular formula is C90H66N8. The van der Waals surface area contributed by atoms with Crippen LogP contribution < -0.4 is 0 Å². The van der Waals surface area contributed by atoms with E-state index in [9.17, 15) is 0 Å². The minimum atomic E-state index is 0.570. The molecule has 8 heteroatoms. The van der Waals surface area contributed by atoms with Crippen LogP contribution in [0.5, 0.6) is 0 Å². The van der Waals surface area contributed by atoms with E-state index in [0.717, 1.165) is 111 Å². The molecular weight excluding hydrogens is 1190 g/mol. The molecule has 0 N–H and O–H groups in total. The number of fused-ring (bicyclic) bond motifs is 6. The fourth-order valence-electron chi connectivity index (χ4n) is 15.0. The third kappa shape index (κ3) is 10.6. The van der Waals surface area contributed by atoms with Crippen molar-refractivity contribution >= 4 is 43.6 Å². The highest BCUT2D eigenvalue weighted by atomic mass is 15.1. The lowest BCUT2D eigenvalue weighted by molar-refractivity contribution is 1.06. The highest BCUT2D eigenvalue weighted by Crippen LogP contribution is 2.44. The molecule has 0 aliphatic rings. The van der Waals surface area contributed by atoms with Crippen molar-refractivity contribution in [3.63, 3.8) is 0 Å². The smallest absolute Gasteiger partial charge is 0.166 e. The number of rotatable bonds is 12. The summed E-state index contributed by atoms with van der Waals surface area (Å²) in [6.45, 7) is 13.2. The topological polar surface area (TPSA) is 87.2 Å². The van der Waals surface area contributed by atoms with Gasteiger partial charge in [-0.2, -0.15) is 0 Å². The summed E-state index contributed by atoms with van der Waals surface area (Å²) in [6.07, 6.45) is 0. The van der Waals surface area contributed by atoms with Gasteiger partial charge < -0.3 is 9.13 Å². The minimum absolute atomic E-state index is 0.570. The van der Waals surface area contributed by atoms with E-state index < -0.39 is 0 Å². The minimum Gasteiger partial charge on any atom is -0.308 e. The average Bonchev–Trinajstić information content (AvgIpc) is 1.56. The van der Waals surface area contributed by atoms with Crippen LogP contribution in [-0.2, 0) is 0 Å². The van der Waals surface area contributed by atoms with Crippen LogP contribution in [0.15, 0.2) is 291 Å². The Morgan fingerprint density at radius 3 is 0.847 bits per heavy atom. The van der Waals surface area contributed by atoms with Crippen molar-refractivity contribution in [2.24, 2.45) is 0 Å². The van der Waals surface area contributed by atoms with E-state index in [1.54, 1.807) is 0 Å². The number of para-hydroxylation sites is 2. The third-order valence-electron chi connectivity index (χ3n) is 19.2. The largest absolute Gasteiger partial charge is 0.308 e. The molecule has 0 saturated carbocycles. The summed E-state index contributed by atoms with van der Waals surface area (Å²) in [5.74, 6) is 3.53. The maximum atomic E-state index is 5.38. The molecule has 17 rings (SSSR count). The van der Waals surface area contributed by atoms with E-state index in [0.29, 0.717) is 34.9 Å². The number of aromatic nitrogens is 8. The van der Waals surface area contributed by atoms with Crippen LogP contribution in [-0.4, -0.2) is 39.0 Å². The van der Waals surface area contributed by atoms with E-state index in [-0.39, 0.29) is 0 Å². The number of benzene rings is 13. The van der Waals surface area contributed by atoms with E-state index in [4.69, 9.17) is 29.9 Å². The lowest BCUT2D eigenvalue weighted by Crippen LogP contribution is -2.04. The summed E-state index contributed by atoms with van der Waals surface area (Å²) in [5, 5.41) is 4.62. The first-order valence-corrected chi connectivity index (χ1v) is 33.4. The summed E-state index contributed by atoms with van der Waals surface area (Å²) >= 11 is 0. The highest BCUT2D eigenvalue weighted by Gasteiger charge is 2.25. The van der Waals surface area contributed by atoms with Crippen molar-refractivity contribution in [1.29, 1.82) is 0 Å². The van der Waals surface area contributed by atoms with Crippen molar-refractivity contribution < 1.29 is 0 Å². The Bertz CT molecular complexity index is 5460. The monoisotopic (exact) mass is 1260 g/mol. The first kappa shape index (κ1) is 59.2. The maximum Gasteiger partial charge on any atom is 0.166 e. The van der Waals surface area contributed by atoms with Crippen LogP contribution in [0.1, 0.15) is 33.4 Å². The fourth-order valence-corrected chi connectivity index (χ4v) is 15.0. The predicted molar refractivity (Wildman–Crippen MR) is 405 cm³/mol. The molecule has 17 aromatic rings. The second kappa shape index (κ2) is 24.4. The third-order valence-corrected chi connectivity index (χ3v) is 19.2. The summed E-state index contributed by atoms with van der Waals surface area (Å²) in [6, 6.07) is 104. The molecule has 0 radical (unpaired) electrons. The van der Waals surface area contributed by atoms with E-state index in [1.165, 1.54) is 55.6 Å². The zero-order chi connectivity index (χ0) is 66.1. The quantitative estimate of drug-likeness (QED) is 0.121. The van der Waals surface area contributed by atoms with Crippen LogP contribution in [0, 0.1) is 41.5 Å². The van der Waals surface area contributed by atoms with E-state index in [2.05, 4.69) is 269 Å². The zero-order valence-corrected chi connectivity index (χ0v) is 55.3. The molecule has 0 spiro atoms. The molecule has 0 aliphatic carbocycles. The Labute approximate surface area is 569 Å². The standard InChI is InChI=1S/C90H66N8/c1-55-46-57(3)83(58(4)47-55)69-40-44-79-75(51-69)71-34-19-21-36-77(71)97(79)81-53-67(38-42-73(81)89-93-85(61-24-11-7-12-25-61)91-86(94-89)62-26-13-8-14-27-62)65-32-23-33-66(50-65)68-39-43-74(90-95-87(63-28-15-9-16-29-63)92-88(96-90)64-30-17-10-18-31-64)82(54-68)98-78-37-22-20-35-72(78)76-52-70(41-45-80(76)98)84-59(5)48-56(2)49-60(84)6/h7-54H,1-6H3. The van der Waals surface area contributed by atoms with Crippen molar-refractivity contribution in [2.75, 3.05) is 0 Å². The van der Waals surface area contributed by atoms with Crippen molar-refractivity contribution in [1.82, 2.24) is 39.0 Å². The van der Waals surface area contributed by atoms with Gasteiger partial charge in [-0.15, -0.1) is 0 Å². The molecule has 13 aromatic carbocycles. The van der Waals surface area contributed by atoms with Crippen LogP contribution in [0.2, 0.25) is 0 Å². The SMILES string of the molecule is Cc1cc(C)c(-c2ccc3c(c2)c2ccccc2n3-c2cc(-c3cccc(-c4ccc(-c5nc(-c6ccccc6)nc(-c6ccccc6)n5)c(-n5c6ccccc6c6cc(-c7c(C)cc(C)cc7C)ccc65)c4)c3)ccc2-c2nc(-c3ccccc3)nc(-c3ccccc3)n2)c(C)c1. The Morgan fingerprint density at radius 2 is 0.490 bits per heavy atom. The lowest BCUT2D eigenvalue weighted by atomic mass is 9.93. The number of hydrogen-bond donors (Lipinski definition) is 0. The molecule has 0 saturated heterocycles. The number of hydrogen-bond acceptors (Lipinski definition) is 6. The summed E-state index contributed by atoms with van der Waals surface area (Å²) in [4.78, 5) is 31.8. The zero-order valence-electron chi connectivity index (χ0n) is 55.3. The van der Waals surface area contributed by atoms with Gasteiger partial charge in [0, 0.05) is 54.9 Å². The Morgan fingerprint density at radius 1 is 0.204 bits per heavy atom. The molecule has 0 amide bonds. The van der Waals surface area contributed by atoms with Crippen molar-refractivity contribution in [3.8, 4) is 124 Å². The van der Waals surface area contributed by atoms with Crippen LogP contribution in [0.4, 0.5) is 0 Å². The van der Waals surface area contributed by atoms with Crippen molar-refractivity contribution in [3.05, 3.63) is 325 Å². The maximum absolute atomic E-state index is 5.38. The van der Waals surface area contributed by atoms with Gasteiger partial charge >= 0.3 is 0 Å². The van der Waals surface area contributed by atoms with E-state index >= 15 is 0 Å². The second-order valence-corrected chi connectivity index (χ2v) is 25.8.